The van der Waals surface area contributed by atoms with Crippen LogP contribution in [0.25, 0.3) is 0 Å². The molecule has 0 unspecified atom stereocenters. The van der Waals surface area contributed by atoms with Crippen molar-refractivity contribution in [2.75, 3.05) is 26.3 Å². The van der Waals surface area contributed by atoms with E-state index in [0.717, 1.165) is 44.6 Å². The van der Waals surface area contributed by atoms with Gasteiger partial charge in [-0.05, 0) is 38.1 Å². The molecule has 2 heterocycles. The third-order valence-corrected chi connectivity index (χ3v) is 4.52. The second-order valence-corrected chi connectivity index (χ2v) is 6.09. The maximum Gasteiger partial charge on any atom is 0.229 e. The molecule has 2 fully saturated rings. The molecule has 112 valence electrons. The van der Waals surface area contributed by atoms with Crippen molar-refractivity contribution >= 4 is 0 Å². The summed E-state index contributed by atoms with van der Waals surface area (Å²) in [6, 6.07) is 0. The summed E-state index contributed by atoms with van der Waals surface area (Å²) < 4.78 is 11.0. The van der Waals surface area contributed by atoms with Gasteiger partial charge >= 0.3 is 0 Å². The number of hydrogen-bond acceptors (Lipinski definition) is 5. The molecule has 0 N–H and O–H groups in total. The Morgan fingerprint density at radius 2 is 2.15 bits per heavy atom. The highest BCUT2D eigenvalue weighted by molar-refractivity contribution is 4.98. The van der Waals surface area contributed by atoms with E-state index in [9.17, 15) is 0 Å². The van der Waals surface area contributed by atoms with Gasteiger partial charge in [-0.2, -0.15) is 4.98 Å². The lowest BCUT2D eigenvalue weighted by atomic mass is 9.85. The normalized spacial score (nSPS) is 24.0. The average Bonchev–Trinajstić information content (AvgIpc) is 2.85. The van der Waals surface area contributed by atoms with E-state index in [4.69, 9.17) is 9.26 Å². The van der Waals surface area contributed by atoms with Gasteiger partial charge in [-0.1, -0.05) is 18.5 Å². The summed E-state index contributed by atoms with van der Waals surface area (Å²) in [6.45, 7) is 6.90. The minimum absolute atomic E-state index is 0.526. The van der Waals surface area contributed by atoms with Crippen LogP contribution in [0.2, 0.25) is 0 Å². The Morgan fingerprint density at radius 1 is 1.25 bits per heavy atom. The molecule has 1 aliphatic carbocycles. The second-order valence-electron chi connectivity index (χ2n) is 6.09. The molecule has 5 nitrogen and oxygen atoms in total. The Hall–Kier alpha value is -0.940. The highest BCUT2D eigenvalue weighted by Gasteiger charge is 2.26. The Morgan fingerprint density at radius 3 is 2.80 bits per heavy atom. The summed E-state index contributed by atoms with van der Waals surface area (Å²) in [6.07, 6.45) is 6.18. The van der Waals surface area contributed by atoms with Gasteiger partial charge in [0.05, 0.1) is 13.2 Å². The molecule has 1 saturated carbocycles. The summed E-state index contributed by atoms with van der Waals surface area (Å²) in [7, 11) is 0. The SMILES string of the molecule is CCN(Cc1noc(C2CCC2)n1)C[C@@H]1CCCOC1. The van der Waals surface area contributed by atoms with E-state index in [0.29, 0.717) is 11.8 Å². The van der Waals surface area contributed by atoms with Crippen molar-refractivity contribution in [3.63, 3.8) is 0 Å². The van der Waals surface area contributed by atoms with Crippen LogP contribution in [0.1, 0.15) is 56.7 Å². The van der Waals surface area contributed by atoms with Crippen LogP contribution < -0.4 is 0 Å². The predicted octanol–water partition coefficient (Wildman–Crippen LogP) is 2.59. The zero-order chi connectivity index (χ0) is 13.8. The van der Waals surface area contributed by atoms with Crippen LogP contribution in [0.15, 0.2) is 4.52 Å². The van der Waals surface area contributed by atoms with Crippen LogP contribution in [0.4, 0.5) is 0 Å². The minimum atomic E-state index is 0.526. The van der Waals surface area contributed by atoms with Crippen molar-refractivity contribution in [1.82, 2.24) is 15.0 Å². The number of ether oxygens (including phenoxy) is 1. The monoisotopic (exact) mass is 279 g/mol. The summed E-state index contributed by atoms with van der Waals surface area (Å²) in [5.41, 5.74) is 0. The fourth-order valence-corrected chi connectivity index (χ4v) is 2.97. The first-order chi connectivity index (χ1) is 9.85. The lowest BCUT2D eigenvalue weighted by Crippen LogP contribution is -2.33. The van der Waals surface area contributed by atoms with Gasteiger partial charge in [0, 0.05) is 19.1 Å². The molecule has 1 saturated heterocycles. The Kier molecular flexibility index (Phi) is 4.68. The van der Waals surface area contributed by atoms with Crippen LogP contribution in [-0.2, 0) is 11.3 Å². The summed E-state index contributed by atoms with van der Waals surface area (Å²) >= 11 is 0. The number of rotatable bonds is 6. The van der Waals surface area contributed by atoms with Crippen molar-refractivity contribution in [3.8, 4) is 0 Å². The Labute approximate surface area is 120 Å². The number of nitrogens with zero attached hydrogens (tertiary/aromatic N) is 3. The first-order valence-electron chi connectivity index (χ1n) is 7.97. The molecule has 1 aromatic heterocycles. The molecule has 1 atom stereocenters. The lowest BCUT2D eigenvalue weighted by molar-refractivity contribution is 0.0376. The fraction of sp³-hybridized carbons (Fsp3) is 0.867. The molecule has 1 aliphatic heterocycles. The molecule has 0 amide bonds. The van der Waals surface area contributed by atoms with E-state index in [2.05, 4.69) is 22.0 Å². The van der Waals surface area contributed by atoms with E-state index < -0.39 is 0 Å². The number of hydrogen-bond donors (Lipinski definition) is 0. The van der Waals surface area contributed by atoms with Gasteiger partial charge < -0.3 is 9.26 Å². The molecule has 20 heavy (non-hydrogen) atoms. The summed E-state index contributed by atoms with van der Waals surface area (Å²) in [4.78, 5) is 6.96. The van der Waals surface area contributed by atoms with Crippen molar-refractivity contribution in [3.05, 3.63) is 11.7 Å². The fourth-order valence-electron chi connectivity index (χ4n) is 2.97. The molecule has 0 radical (unpaired) electrons. The summed E-state index contributed by atoms with van der Waals surface area (Å²) in [5.74, 6) is 2.87. The average molecular weight is 279 g/mol. The first kappa shape index (κ1) is 14.0. The molecule has 0 spiro atoms. The van der Waals surface area contributed by atoms with Gasteiger partial charge in [-0.15, -0.1) is 0 Å². The van der Waals surface area contributed by atoms with E-state index in [-0.39, 0.29) is 0 Å². The molecule has 3 rings (SSSR count). The van der Waals surface area contributed by atoms with Crippen LogP contribution in [0.3, 0.4) is 0 Å². The molecule has 2 aliphatic rings. The van der Waals surface area contributed by atoms with Crippen molar-refractivity contribution in [2.24, 2.45) is 5.92 Å². The van der Waals surface area contributed by atoms with E-state index >= 15 is 0 Å². The Balaban J connectivity index is 1.52. The second kappa shape index (κ2) is 6.68. The topological polar surface area (TPSA) is 51.4 Å². The van der Waals surface area contributed by atoms with E-state index in [1.165, 1.54) is 32.1 Å². The van der Waals surface area contributed by atoms with E-state index in [1.54, 1.807) is 0 Å². The lowest BCUT2D eigenvalue weighted by Gasteiger charge is -2.28. The minimum Gasteiger partial charge on any atom is -0.381 e. The van der Waals surface area contributed by atoms with Crippen molar-refractivity contribution in [2.45, 2.75) is 51.5 Å². The molecule has 5 heteroatoms. The molecule has 1 aromatic rings. The Bertz CT molecular complexity index is 411. The highest BCUT2D eigenvalue weighted by Crippen LogP contribution is 2.35. The molecule has 0 bridgehead atoms. The standard InChI is InChI=1S/C15H25N3O2/c1-2-18(9-12-5-4-8-19-11-12)10-14-16-15(20-17-14)13-6-3-7-13/h12-13H,2-11H2,1H3/t12-/m0/s1. The van der Waals surface area contributed by atoms with Crippen LogP contribution in [0, 0.1) is 5.92 Å². The molecule has 0 aromatic carbocycles. The van der Waals surface area contributed by atoms with Gasteiger partial charge in [0.25, 0.3) is 0 Å². The predicted molar refractivity (Wildman–Crippen MR) is 75.4 cm³/mol. The zero-order valence-corrected chi connectivity index (χ0v) is 12.4. The highest BCUT2D eigenvalue weighted by atomic mass is 16.5. The maximum absolute atomic E-state index is 5.56. The summed E-state index contributed by atoms with van der Waals surface area (Å²) in [5, 5.41) is 4.14. The van der Waals surface area contributed by atoms with Crippen LogP contribution in [0.5, 0.6) is 0 Å². The molecular formula is C15H25N3O2. The van der Waals surface area contributed by atoms with Crippen LogP contribution in [-0.4, -0.2) is 41.3 Å². The number of aromatic nitrogens is 2. The quantitative estimate of drug-likeness (QED) is 0.801. The maximum atomic E-state index is 5.56. The van der Waals surface area contributed by atoms with Gasteiger partial charge in [0.15, 0.2) is 5.82 Å². The largest absolute Gasteiger partial charge is 0.381 e. The van der Waals surface area contributed by atoms with Gasteiger partial charge in [0.1, 0.15) is 0 Å². The smallest absolute Gasteiger partial charge is 0.229 e. The molecular weight excluding hydrogens is 254 g/mol. The first-order valence-corrected chi connectivity index (χ1v) is 7.97. The third kappa shape index (κ3) is 3.38. The third-order valence-electron chi connectivity index (χ3n) is 4.52. The van der Waals surface area contributed by atoms with Gasteiger partial charge in [-0.25, -0.2) is 0 Å². The van der Waals surface area contributed by atoms with Gasteiger partial charge in [0.2, 0.25) is 5.89 Å². The van der Waals surface area contributed by atoms with Crippen molar-refractivity contribution < 1.29 is 9.26 Å². The zero-order valence-electron chi connectivity index (χ0n) is 12.4. The van der Waals surface area contributed by atoms with Crippen LogP contribution >= 0.6 is 0 Å². The van der Waals surface area contributed by atoms with Crippen molar-refractivity contribution in [1.29, 1.82) is 0 Å². The van der Waals surface area contributed by atoms with Gasteiger partial charge in [-0.3, -0.25) is 4.90 Å². The van der Waals surface area contributed by atoms with E-state index in [1.807, 2.05) is 0 Å².